The molecule has 6 heteroatoms. The Morgan fingerprint density at radius 3 is 1.33 bits per heavy atom. The van der Waals surface area contributed by atoms with Gasteiger partial charge in [-0.15, -0.1) is 0 Å². The van der Waals surface area contributed by atoms with E-state index in [1.54, 1.807) is 0 Å². The molecule has 0 aliphatic heterocycles. The van der Waals surface area contributed by atoms with Crippen molar-refractivity contribution in [3.8, 4) is 0 Å². The summed E-state index contributed by atoms with van der Waals surface area (Å²) < 4.78 is 8.74. The van der Waals surface area contributed by atoms with Gasteiger partial charge in [0.15, 0.2) is 0 Å². The van der Waals surface area contributed by atoms with Crippen molar-refractivity contribution in [2.75, 3.05) is 0 Å². The fourth-order valence-corrected chi connectivity index (χ4v) is 0. The van der Waals surface area contributed by atoms with Crippen molar-refractivity contribution < 1.29 is 48.5 Å². The van der Waals surface area contributed by atoms with Crippen LogP contribution in [0.15, 0.2) is 0 Å². The van der Waals surface area contributed by atoms with Gasteiger partial charge in [-0.05, 0) is 0 Å². The summed E-state index contributed by atoms with van der Waals surface area (Å²) >= 11 is 0. The van der Waals surface area contributed by atoms with Gasteiger partial charge in [-0.1, -0.05) is 0 Å². The summed E-state index contributed by atoms with van der Waals surface area (Å²) in [5.74, 6) is 0. The van der Waals surface area contributed by atoms with E-state index in [1.807, 2.05) is 0 Å². The fourth-order valence-electron chi connectivity index (χ4n) is 0. The van der Waals surface area contributed by atoms with E-state index in [1.165, 1.54) is 0 Å². The molecule has 0 saturated heterocycles. The van der Waals surface area contributed by atoms with Crippen LogP contribution in [0.4, 0.5) is 0 Å². The van der Waals surface area contributed by atoms with Gasteiger partial charge >= 0.3 is 8.25 Å². The molecule has 0 aromatic rings. The minimum Gasteiger partial charge on any atom is -0.326 e. The van der Waals surface area contributed by atoms with E-state index in [4.69, 9.17) is 14.4 Å². The van der Waals surface area contributed by atoms with E-state index >= 15 is 0 Å². The SMILES string of the molecule is O=[PH](O)O.[Fe].[Mn]. The average molecular weight is 193 g/mol. The Kier molecular flexibility index (Phi) is 24.8. The van der Waals surface area contributed by atoms with Crippen LogP contribution in [0, 0.1) is 0 Å². The molecule has 0 rings (SSSR count). The molecule has 0 fully saturated rings. The van der Waals surface area contributed by atoms with E-state index in [-0.39, 0.29) is 34.1 Å². The first-order valence-electron chi connectivity index (χ1n) is 0.651. The molecule has 0 atom stereocenters. The topological polar surface area (TPSA) is 57.5 Å². The van der Waals surface area contributed by atoms with E-state index in [9.17, 15) is 0 Å². The zero-order valence-corrected chi connectivity index (χ0v) is 5.82. The number of rotatable bonds is 0. The molecule has 1 radical (unpaired) electrons. The molecule has 0 saturated carbocycles. The van der Waals surface area contributed by atoms with Crippen LogP contribution in [-0.4, -0.2) is 9.79 Å². The molecule has 0 spiro atoms. The van der Waals surface area contributed by atoms with Crippen LogP contribution < -0.4 is 0 Å². The largest absolute Gasteiger partial charge is 0.326 e. The molecule has 2 N–H and O–H groups in total. The average Bonchev–Trinajstić information content (AvgIpc) is 0.811. The van der Waals surface area contributed by atoms with E-state index in [0.717, 1.165) is 0 Å². The third-order valence-electron chi connectivity index (χ3n) is 0. The molecule has 0 aromatic carbocycles. The third kappa shape index (κ3) is 64.4. The molecule has 0 heterocycles. The minimum atomic E-state index is -3.13. The van der Waals surface area contributed by atoms with Crippen LogP contribution in [0.5, 0.6) is 0 Å². The summed E-state index contributed by atoms with van der Waals surface area (Å²) in [5, 5.41) is 0. The van der Waals surface area contributed by atoms with Crippen molar-refractivity contribution in [3.63, 3.8) is 0 Å². The molecular weight excluding hydrogens is 190 g/mol. The van der Waals surface area contributed by atoms with E-state index in [2.05, 4.69) is 0 Å². The van der Waals surface area contributed by atoms with Gasteiger partial charge in [0.2, 0.25) is 0 Å². The second-order valence-corrected chi connectivity index (χ2v) is 0.848. The van der Waals surface area contributed by atoms with Gasteiger partial charge in [-0.3, -0.25) is 4.57 Å². The summed E-state index contributed by atoms with van der Waals surface area (Å²) in [6.45, 7) is 0. The Morgan fingerprint density at radius 2 is 1.33 bits per heavy atom. The monoisotopic (exact) mass is 193 g/mol. The molecule has 0 amide bonds. The first-order chi connectivity index (χ1) is 1.73. The van der Waals surface area contributed by atoms with Crippen LogP contribution in [0.25, 0.3) is 0 Å². The van der Waals surface area contributed by atoms with Crippen LogP contribution in [0.2, 0.25) is 0 Å². The van der Waals surface area contributed by atoms with Gasteiger partial charge in [0.05, 0.1) is 0 Å². The van der Waals surface area contributed by atoms with Gasteiger partial charge in [-0.25, -0.2) is 0 Å². The second kappa shape index (κ2) is 9.50. The Balaban J connectivity index is -0.0000000450. The number of hydrogen-bond donors (Lipinski definition) is 2. The van der Waals surface area contributed by atoms with Crippen LogP contribution in [0.1, 0.15) is 0 Å². The van der Waals surface area contributed by atoms with Crippen molar-refractivity contribution in [3.05, 3.63) is 0 Å². The Bertz CT molecular complexity index is 33.8. The molecule has 0 aromatic heterocycles. The molecule has 0 aliphatic carbocycles. The maximum absolute atomic E-state index is 8.74. The standard InChI is InChI=1S/Fe.Mn.H3O3P/c;;1-4(2)3/h;;4H,(H2,1,2,3). The van der Waals surface area contributed by atoms with Gasteiger partial charge in [0, 0.05) is 34.1 Å². The summed E-state index contributed by atoms with van der Waals surface area (Å²) in [6.07, 6.45) is 0. The Hall–Kier alpha value is 1.19. The molecular formula is H3FeMnO3P. The van der Waals surface area contributed by atoms with Gasteiger partial charge in [-0.2, -0.15) is 0 Å². The zero-order chi connectivity index (χ0) is 3.58. The normalized spacial score (nSPS) is 5.83. The van der Waals surface area contributed by atoms with Crippen LogP contribution in [0.3, 0.4) is 0 Å². The second-order valence-electron chi connectivity index (χ2n) is 0.283. The molecule has 0 aliphatic rings. The number of hydrogen-bond acceptors (Lipinski definition) is 1. The Labute approximate surface area is 57.0 Å². The fraction of sp³-hybridized carbons (Fsp3) is 0. The molecule has 3 nitrogen and oxygen atoms in total. The molecule has 6 heavy (non-hydrogen) atoms. The zero-order valence-electron chi connectivity index (χ0n) is 2.53. The summed E-state index contributed by atoms with van der Waals surface area (Å²) in [4.78, 5) is 14.3. The van der Waals surface area contributed by atoms with Gasteiger partial charge in [0.25, 0.3) is 0 Å². The van der Waals surface area contributed by atoms with Crippen molar-refractivity contribution >= 4 is 8.25 Å². The van der Waals surface area contributed by atoms with Crippen molar-refractivity contribution in [2.45, 2.75) is 0 Å². The predicted octanol–water partition coefficient (Wildman–Crippen LogP) is -0.644. The minimum absolute atomic E-state index is 0. The summed E-state index contributed by atoms with van der Waals surface area (Å²) in [5.41, 5.74) is 0. The third-order valence-corrected chi connectivity index (χ3v) is 0. The summed E-state index contributed by atoms with van der Waals surface area (Å²) in [7, 11) is -3.13. The van der Waals surface area contributed by atoms with E-state index < -0.39 is 8.25 Å². The van der Waals surface area contributed by atoms with E-state index in [0.29, 0.717) is 0 Å². The van der Waals surface area contributed by atoms with Crippen LogP contribution >= 0.6 is 8.25 Å². The van der Waals surface area contributed by atoms with Crippen molar-refractivity contribution in [1.82, 2.24) is 0 Å². The maximum atomic E-state index is 8.74. The van der Waals surface area contributed by atoms with Gasteiger partial charge < -0.3 is 9.79 Å². The quantitative estimate of drug-likeness (QED) is 0.397. The summed E-state index contributed by atoms with van der Waals surface area (Å²) in [6, 6.07) is 0. The first-order valence-corrected chi connectivity index (χ1v) is 1.95. The smallest absolute Gasteiger partial charge is 0.314 e. The van der Waals surface area contributed by atoms with Crippen molar-refractivity contribution in [2.24, 2.45) is 0 Å². The molecule has 0 bridgehead atoms. The Morgan fingerprint density at radius 1 is 1.33 bits per heavy atom. The maximum Gasteiger partial charge on any atom is 0.314 e. The van der Waals surface area contributed by atoms with Crippen LogP contribution in [-0.2, 0) is 38.7 Å². The molecule has 0 unspecified atom stereocenters. The van der Waals surface area contributed by atoms with Gasteiger partial charge in [0.1, 0.15) is 0 Å². The van der Waals surface area contributed by atoms with Crippen molar-refractivity contribution in [1.29, 1.82) is 0 Å². The molecule has 41 valence electrons. The first kappa shape index (κ1) is 15.7. The predicted molar refractivity (Wildman–Crippen MR) is 13.4 cm³/mol.